The summed E-state index contributed by atoms with van der Waals surface area (Å²) >= 11 is 0. The lowest BCUT2D eigenvalue weighted by Crippen LogP contribution is -2.35. The molecule has 7 nitrogen and oxygen atoms in total. The molecular weight excluding hydrogens is 250 g/mol. The zero-order valence-corrected chi connectivity index (χ0v) is 10.9. The molecule has 0 bridgehead atoms. The van der Waals surface area contributed by atoms with E-state index in [1.165, 1.54) is 14.2 Å². The average molecular weight is 267 g/mol. The summed E-state index contributed by atoms with van der Waals surface area (Å²) in [6.45, 7) is 1.45. The molecule has 100 valence electrons. The molecule has 0 N–H and O–H groups in total. The molecule has 0 saturated heterocycles. The Kier molecular flexibility index (Phi) is 6.74. The Hall–Kier alpha value is -1.15. The number of hydrogen-bond donors (Lipinski definition) is 0. The van der Waals surface area contributed by atoms with Crippen molar-refractivity contribution < 1.29 is 27.5 Å². The van der Waals surface area contributed by atoms with Crippen molar-refractivity contribution >= 4 is 22.0 Å². The fourth-order valence-electron chi connectivity index (χ4n) is 0.957. The Morgan fingerprint density at radius 2 is 1.82 bits per heavy atom. The van der Waals surface area contributed by atoms with Crippen LogP contribution < -0.4 is 0 Å². The molecule has 8 heteroatoms. The highest BCUT2D eigenvalue weighted by Gasteiger charge is 2.22. The van der Waals surface area contributed by atoms with Crippen LogP contribution in [0.1, 0.15) is 13.3 Å². The van der Waals surface area contributed by atoms with Crippen LogP contribution in [0.4, 0.5) is 0 Å². The molecule has 0 aliphatic heterocycles. The first-order chi connectivity index (χ1) is 7.83. The van der Waals surface area contributed by atoms with Crippen molar-refractivity contribution in [2.45, 2.75) is 13.3 Å². The molecule has 0 saturated carbocycles. The van der Waals surface area contributed by atoms with Crippen LogP contribution in [0, 0.1) is 0 Å². The quantitative estimate of drug-likeness (QED) is 0.571. The van der Waals surface area contributed by atoms with E-state index in [-0.39, 0.29) is 19.6 Å². The number of methoxy groups -OCH3 is 1. The molecule has 0 aliphatic carbocycles. The lowest BCUT2D eigenvalue weighted by Gasteiger charge is -2.15. The van der Waals surface area contributed by atoms with Crippen molar-refractivity contribution in [3.8, 4) is 0 Å². The van der Waals surface area contributed by atoms with Gasteiger partial charge in [0.25, 0.3) is 0 Å². The number of carbonyl (C=O) groups excluding carboxylic acids is 2. The minimum atomic E-state index is -3.65. The van der Waals surface area contributed by atoms with E-state index in [1.54, 1.807) is 6.92 Å². The van der Waals surface area contributed by atoms with Crippen LogP contribution >= 0.6 is 0 Å². The fraction of sp³-hybridized carbons (Fsp3) is 0.778. The van der Waals surface area contributed by atoms with Crippen LogP contribution in [0.3, 0.4) is 0 Å². The maximum absolute atomic E-state index is 11.6. The smallest absolute Gasteiger partial charge is 0.321 e. The van der Waals surface area contributed by atoms with Gasteiger partial charge in [-0.05, 0) is 6.92 Å². The molecule has 0 amide bonds. The van der Waals surface area contributed by atoms with Crippen LogP contribution in [0.5, 0.6) is 0 Å². The number of nitrogens with zero attached hydrogens (tertiary/aromatic N) is 1. The van der Waals surface area contributed by atoms with Gasteiger partial charge >= 0.3 is 11.9 Å². The van der Waals surface area contributed by atoms with E-state index >= 15 is 0 Å². The molecule has 0 aliphatic rings. The second kappa shape index (κ2) is 7.23. The maximum atomic E-state index is 11.6. The zero-order chi connectivity index (χ0) is 13.5. The number of carbonyl (C=O) groups is 2. The van der Waals surface area contributed by atoms with Gasteiger partial charge in [-0.2, -0.15) is 4.31 Å². The number of hydrogen-bond acceptors (Lipinski definition) is 6. The van der Waals surface area contributed by atoms with Gasteiger partial charge in [0.15, 0.2) is 0 Å². The monoisotopic (exact) mass is 267 g/mol. The van der Waals surface area contributed by atoms with Crippen molar-refractivity contribution in [3.05, 3.63) is 0 Å². The van der Waals surface area contributed by atoms with Crippen molar-refractivity contribution in [2.75, 3.05) is 33.1 Å². The molecule has 0 aromatic carbocycles. The Labute approximate surface area is 101 Å². The molecule has 17 heavy (non-hydrogen) atoms. The normalized spacial score (nSPS) is 11.3. The summed E-state index contributed by atoms with van der Waals surface area (Å²) in [4.78, 5) is 21.9. The summed E-state index contributed by atoms with van der Waals surface area (Å²) in [7, 11) is -1.22. The maximum Gasteiger partial charge on any atom is 0.321 e. The molecular formula is C9H17NO6S. The van der Waals surface area contributed by atoms with E-state index in [1.807, 2.05) is 0 Å². The Morgan fingerprint density at radius 3 is 2.29 bits per heavy atom. The van der Waals surface area contributed by atoms with Gasteiger partial charge in [0.05, 0.1) is 25.9 Å². The van der Waals surface area contributed by atoms with Crippen molar-refractivity contribution in [2.24, 2.45) is 0 Å². The van der Waals surface area contributed by atoms with Crippen molar-refractivity contribution in [1.82, 2.24) is 4.31 Å². The van der Waals surface area contributed by atoms with Gasteiger partial charge in [-0.1, -0.05) is 0 Å². The van der Waals surface area contributed by atoms with Gasteiger partial charge in [-0.15, -0.1) is 0 Å². The Morgan fingerprint density at radius 1 is 1.24 bits per heavy atom. The fourth-order valence-corrected chi connectivity index (χ4v) is 2.00. The van der Waals surface area contributed by atoms with Crippen LogP contribution in [0.25, 0.3) is 0 Å². The second-order valence-corrected chi connectivity index (χ2v) is 5.40. The highest BCUT2D eigenvalue weighted by Crippen LogP contribution is 2.01. The molecule has 0 aromatic heterocycles. The predicted octanol–water partition coefficient (Wildman–Crippen LogP) is -0.626. The number of likely N-dealkylation sites (N-methyl/N-ethyl adjacent to an activating group) is 1. The van der Waals surface area contributed by atoms with Gasteiger partial charge in [-0.25, -0.2) is 8.42 Å². The van der Waals surface area contributed by atoms with E-state index in [9.17, 15) is 18.0 Å². The van der Waals surface area contributed by atoms with E-state index in [0.29, 0.717) is 0 Å². The first kappa shape index (κ1) is 15.9. The first-order valence-electron chi connectivity index (χ1n) is 5.00. The SMILES string of the molecule is CCOC(=O)CN(C)S(=O)(=O)CCC(=O)OC. The van der Waals surface area contributed by atoms with Gasteiger partial charge in [0, 0.05) is 7.05 Å². The molecule has 0 fully saturated rings. The van der Waals surface area contributed by atoms with E-state index < -0.39 is 27.7 Å². The third-order valence-corrected chi connectivity index (χ3v) is 3.72. The summed E-state index contributed by atoms with van der Waals surface area (Å²) in [5, 5.41) is 0. The minimum Gasteiger partial charge on any atom is -0.469 e. The first-order valence-corrected chi connectivity index (χ1v) is 6.60. The van der Waals surface area contributed by atoms with E-state index in [2.05, 4.69) is 9.47 Å². The number of sulfonamides is 1. The molecule has 0 heterocycles. The van der Waals surface area contributed by atoms with Crippen LogP contribution in [-0.2, 0) is 29.1 Å². The number of ether oxygens (including phenoxy) is 2. The van der Waals surface area contributed by atoms with E-state index in [4.69, 9.17) is 0 Å². The van der Waals surface area contributed by atoms with Crippen molar-refractivity contribution in [1.29, 1.82) is 0 Å². The van der Waals surface area contributed by atoms with E-state index in [0.717, 1.165) is 4.31 Å². The van der Waals surface area contributed by atoms with Crippen LogP contribution in [0.2, 0.25) is 0 Å². The van der Waals surface area contributed by atoms with Gasteiger partial charge in [0.2, 0.25) is 10.0 Å². The summed E-state index contributed by atoms with van der Waals surface area (Å²) in [5.74, 6) is -1.63. The molecule has 0 rings (SSSR count). The molecule has 0 spiro atoms. The van der Waals surface area contributed by atoms with Gasteiger partial charge in [-0.3, -0.25) is 9.59 Å². The summed E-state index contributed by atoms with van der Waals surface area (Å²) < 4.78 is 33.0. The highest BCUT2D eigenvalue weighted by atomic mass is 32.2. The lowest BCUT2D eigenvalue weighted by atomic mass is 10.5. The van der Waals surface area contributed by atoms with Crippen LogP contribution in [-0.4, -0.2) is 57.7 Å². The van der Waals surface area contributed by atoms with Gasteiger partial charge < -0.3 is 9.47 Å². The average Bonchev–Trinajstić information content (AvgIpc) is 2.26. The second-order valence-electron chi connectivity index (χ2n) is 3.20. The third kappa shape index (κ3) is 6.22. The topological polar surface area (TPSA) is 90.0 Å². The number of rotatable bonds is 7. The summed E-state index contributed by atoms with van der Waals surface area (Å²) in [6.07, 6.45) is -0.244. The summed E-state index contributed by atoms with van der Waals surface area (Å²) in [6, 6.07) is 0. The summed E-state index contributed by atoms with van der Waals surface area (Å²) in [5.41, 5.74) is 0. The largest absolute Gasteiger partial charge is 0.469 e. The van der Waals surface area contributed by atoms with Gasteiger partial charge in [0.1, 0.15) is 6.54 Å². The zero-order valence-electron chi connectivity index (χ0n) is 10.1. The highest BCUT2D eigenvalue weighted by molar-refractivity contribution is 7.89. The predicted molar refractivity (Wildman–Crippen MR) is 59.7 cm³/mol. The molecule has 0 radical (unpaired) electrons. The molecule has 0 atom stereocenters. The van der Waals surface area contributed by atoms with Crippen molar-refractivity contribution in [3.63, 3.8) is 0 Å². The Bertz CT molecular complexity index is 364. The standard InChI is InChI=1S/C9H17NO6S/c1-4-16-9(12)7-10(2)17(13,14)6-5-8(11)15-3/h4-7H2,1-3H3. The Balaban J connectivity index is 4.30. The molecule has 0 aromatic rings. The minimum absolute atomic E-state index is 0.189. The third-order valence-electron chi connectivity index (χ3n) is 1.92. The number of esters is 2. The molecule has 0 unspecified atom stereocenters. The lowest BCUT2D eigenvalue weighted by molar-refractivity contribution is -0.143. The van der Waals surface area contributed by atoms with Crippen LogP contribution in [0.15, 0.2) is 0 Å².